The quantitative estimate of drug-likeness (QED) is 0.619. The number of fused-ring (bicyclic) bond motifs is 1. The van der Waals surface area contributed by atoms with Crippen LogP contribution in [-0.4, -0.2) is 17.4 Å². The summed E-state index contributed by atoms with van der Waals surface area (Å²) in [6, 6.07) is 4.77. The predicted octanol–water partition coefficient (Wildman–Crippen LogP) is 2.92. The largest absolute Gasteiger partial charge is 0.311 e. The third-order valence-electron chi connectivity index (χ3n) is 3.58. The highest BCUT2D eigenvalue weighted by atomic mass is 16.6. The van der Waals surface area contributed by atoms with Gasteiger partial charge < -0.3 is 4.90 Å². The summed E-state index contributed by atoms with van der Waals surface area (Å²) in [6.07, 6.45) is 2.58. The van der Waals surface area contributed by atoms with Crippen molar-refractivity contribution in [2.24, 2.45) is 5.92 Å². The zero-order valence-electron chi connectivity index (χ0n) is 11.3. The van der Waals surface area contributed by atoms with Crippen LogP contribution in [-0.2, 0) is 11.2 Å². The van der Waals surface area contributed by atoms with Crippen molar-refractivity contribution in [2.75, 3.05) is 11.4 Å². The Hall–Kier alpha value is -1.91. The second-order valence-corrected chi connectivity index (χ2v) is 5.00. The Morgan fingerprint density at radius 2 is 2.26 bits per heavy atom. The number of benzene rings is 1. The summed E-state index contributed by atoms with van der Waals surface area (Å²) < 4.78 is 0. The van der Waals surface area contributed by atoms with Crippen molar-refractivity contribution in [3.63, 3.8) is 0 Å². The van der Waals surface area contributed by atoms with Crippen LogP contribution in [0.3, 0.4) is 0 Å². The van der Waals surface area contributed by atoms with Gasteiger partial charge in [0.2, 0.25) is 5.91 Å². The van der Waals surface area contributed by atoms with E-state index < -0.39 is 4.92 Å². The molecule has 1 unspecified atom stereocenters. The molecule has 1 aromatic carbocycles. The third kappa shape index (κ3) is 2.59. The minimum absolute atomic E-state index is 0.0322. The van der Waals surface area contributed by atoms with E-state index in [2.05, 4.69) is 0 Å². The molecule has 0 saturated carbocycles. The van der Waals surface area contributed by atoms with Gasteiger partial charge in [0.25, 0.3) is 5.69 Å². The summed E-state index contributed by atoms with van der Waals surface area (Å²) in [7, 11) is 0. The molecule has 0 bridgehead atoms. The van der Waals surface area contributed by atoms with Crippen LogP contribution >= 0.6 is 0 Å². The highest BCUT2D eigenvalue weighted by molar-refractivity contribution is 5.97. The summed E-state index contributed by atoms with van der Waals surface area (Å²) >= 11 is 0. The number of nitro groups is 1. The number of anilines is 1. The number of hydrogen-bond donors (Lipinski definition) is 0. The first kappa shape index (κ1) is 13.5. The van der Waals surface area contributed by atoms with Gasteiger partial charge in [-0.05, 0) is 18.4 Å². The molecule has 1 aromatic rings. The molecule has 1 atom stereocenters. The monoisotopic (exact) mass is 262 g/mol. The number of rotatable bonds is 4. The van der Waals surface area contributed by atoms with Crippen LogP contribution in [0.2, 0.25) is 0 Å². The molecule has 19 heavy (non-hydrogen) atoms. The van der Waals surface area contributed by atoms with Gasteiger partial charge in [0.05, 0.1) is 10.6 Å². The van der Waals surface area contributed by atoms with Crippen molar-refractivity contribution in [1.29, 1.82) is 0 Å². The third-order valence-corrected chi connectivity index (χ3v) is 3.58. The number of non-ortho nitro benzene ring substituents is 1. The minimum Gasteiger partial charge on any atom is -0.311 e. The normalized spacial score (nSPS) is 15.2. The fourth-order valence-electron chi connectivity index (χ4n) is 2.53. The summed E-state index contributed by atoms with van der Waals surface area (Å²) in [4.78, 5) is 24.4. The van der Waals surface area contributed by atoms with Crippen molar-refractivity contribution in [1.82, 2.24) is 0 Å². The summed E-state index contributed by atoms with van der Waals surface area (Å²) in [6.45, 7) is 4.59. The molecule has 1 aliphatic rings. The number of nitrogens with zero attached hydrogens (tertiary/aromatic N) is 2. The molecule has 0 aromatic heterocycles. The molecular weight excluding hydrogens is 244 g/mol. The van der Waals surface area contributed by atoms with Crippen LogP contribution in [0.1, 0.15) is 32.3 Å². The highest BCUT2D eigenvalue weighted by Crippen LogP contribution is 2.32. The molecule has 1 heterocycles. The zero-order valence-corrected chi connectivity index (χ0v) is 11.3. The molecule has 0 spiro atoms. The van der Waals surface area contributed by atoms with E-state index in [-0.39, 0.29) is 17.5 Å². The van der Waals surface area contributed by atoms with E-state index >= 15 is 0 Å². The van der Waals surface area contributed by atoms with Crippen LogP contribution in [0.4, 0.5) is 11.4 Å². The Morgan fingerprint density at radius 3 is 2.89 bits per heavy atom. The number of carbonyl (C=O) groups excluding carboxylic acids is 1. The van der Waals surface area contributed by atoms with Crippen LogP contribution in [0.25, 0.3) is 0 Å². The Bertz CT molecular complexity index is 513. The molecule has 2 rings (SSSR count). The SMILES string of the molecule is CCCC(C)C(=O)N1CCc2ccc([N+](=O)[O-])cc21. The van der Waals surface area contributed by atoms with Gasteiger partial charge in [0, 0.05) is 24.6 Å². The van der Waals surface area contributed by atoms with E-state index in [0.29, 0.717) is 12.2 Å². The van der Waals surface area contributed by atoms with Crippen molar-refractivity contribution in [3.8, 4) is 0 Å². The number of carbonyl (C=O) groups is 1. The summed E-state index contributed by atoms with van der Waals surface area (Å²) in [5.41, 5.74) is 1.77. The molecule has 1 amide bonds. The van der Waals surface area contributed by atoms with Gasteiger partial charge in [-0.3, -0.25) is 14.9 Å². The fraction of sp³-hybridized carbons (Fsp3) is 0.500. The molecule has 5 nitrogen and oxygen atoms in total. The van der Waals surface area contributed by atoms with Crippen LogP contribution in [0, 0.1) is 16.0 Å². The predicted molar refractivity (Wildman–Crippen MR) is 73.2 cm³/mol. The molecule has 0 radical (unpaired) electrons. The van der Waals surface area contributed by atoms with Crippen LogP contribution in [0.5, 0.6) is 0 Å². The summed E-state index contributed by atoms with van der Waals surface area (Å²) in [5.74, 6) is 0.0383. The molecule has 1 aliphatic heterocycles. The van der Waals surface area contributed by atoms with Crippen molar-refractivity contribution in [2.45, 2.75) is 33.1 Å². The smallest absolute Gasteiger partial charge is 0.271 e. The number of amides is 1. The lowest BCUT2D eigenvalue weighted by Gasteiger charge is -2.21. The lowest BCUT2D eigenvalue weighted by Crippen LogP contribution is -2.33. The molecule has 0 aliphatic carbocycles. The van der Waals surface area contributed by atoms with Crippen molar-refractivity contribution < 1.29 is 9.72 Å². The van der Waals surface area contributed by atoms with Crippen LogP contribution in [0.15, 0.2) is 18.2 Å². The van der Waals surface area contributed by atoms with Gasteiger partial charge in [-0.15, -0.1) is 0 Å². The summed E-state index contributed by atoms with van der Waals surface area (Å²) in [5, 5.41) is 10.8. The first-order chi connectivity index (χ1) is 9.04. The Labute approximate surface area is 112 Å². The molecule has 0 N–H and O–H groups in total. The Kier molecular flexibility index (Phi) is 3.83. The lowest BCUT2D eigenvalue weighted by molar-refractivity contribution is -0.384. The van der Waals surface area contributed by atoms with Gasteiger partial charge in [-0.2, -0.15) is 0 Å². The minimum atomic E-state index is -0.420. The maximum absolute atomic E-state index is 12.3. The maximum atomic E-state index is 12.3. The van der Waals surface area contributed by atoms with E-state index in [1.54, 1.807) is 11.0 Å². The first-order valence-corrected chi connectivity index (χ1v) is 6.63. The average molecular weight is 262 g/mol. The van der Waals surface area contributed by atoms with E-state index in [1.807, 2.05) is 13.8 Å². The second kappa shape index (κ2) is 5.38. The van der Waals surface area contributed by atoms with Gasteiger partial charge in [-0.1, -0.05) is 26.3 Å². The Morgan fingerprint density at radius 1 is 1.53 bits per heavy atom. The average Bonchev–Trinajstić information content (AvgIpc) is 2.80. The zero-order chi connectivity index (χ0) is 14.0. The maximum Gasteiger partial charge on any atom is 0.271 e. The van der Waals surface area contributed by atoms with Gasteiger partial charge >= 0.3 is 0 Å². The molecular formula is C14H18N2O3. The van der Waals surface area contributed by atoms with Gasteiger partial charge in [0.15, 0.2) is 0 Å². The van der Waals surface area contributed by atoms with Gasteiger partial charge in [-0.25, -0.2) is 0 Å². The molecule has 102 valence electrons. The fourth-order valence-corrected chi connectivity index (χ4v) is 2.53. The van der Waals surface area contributed by atoms with E-state index in [4.69, 9.17) is 0 Å². The van der Waals surface area contributed by atoms with E-state index in [1.165, 1.54) is 12.1 Å². The topological polar surface area (TPSA) is 63.5 Å². The molecule has 5 heteroatoms. The van der Waals surface area contributed by atoms with Crippen molar-refractivity contribution >= 4 is 17.3 Å². The number of hydrogen-bond acceptors (Lipinski definition) is 3. The van der Waals surface area contributed by atoms with E-state index in [9.17, 15) is 14.9 Å². The first-order valence-electron chi connectivity index (χ1n) is 6.63. The van der Waals surface area contributed by atoms with E-state index in [0.717, 1.165) is 24.8 Å². The molecule has 0 saturated heterocycles. The second-order valence-electron chi connectivity index (χ2n) is 5.00. The van der Waals surface area contributed by atoms with Crippen molar-refractivity contribution in [3.05, 3.63) is 33.9 Å². The van der Waals surface area contributed by atoms with Gasteiger partial charge in [0.1, 0.15) is 0 Å². The Balaban J connectivity index is 2.27. The highest BCUT2D eigenvalue weighted by Gasteiger charge is 2.29. The van der Waals surface area contributed by atoms with Crippen LogP contribution < -0.4 is 4.90 Å². The number of nitro benzene ring substituents is 1. The molecule has 0 fully saturated rings. The lowest BCUT2D eigenvalue weighted by atomic mass is 10.0. The standard InChI is InChI=1S/C14H18N2O3/c1-3-4-10(2)14(17)15-8-7-11-5-6-12(16(18)19)9-13(11)15/h5-6,9-10H,3-4,7-8H2,1-2H3.